The van der Waals surface area contributed by atoms with Crippen LogP contribution in [0.25, 0.3) is 45.8 Å². The maximum atomic E-state index is 13.5. The topological polar surface area (TPSA) is 150 Å². The summed E-state index contributed by atoms with van der Waals surface area (Å²) in [7, 11) is 0. The van der Waals surface area contributed by atoms with Gasteiger partial charge in [-0.1, -0.05) is 24.3 Å². The predicted molar refractivity (Wildman–Crippen MR) is 196 cm³/mol. The van der Waals surface area contributed by atoms with Crippen LogP contribution in [-0.4, -0.2) is 18.8 Å². The fourth-order valence-electron chi connectivity index (χ4n) is 6.26. The van der Waals surface area contributed by atoms with Crippen LogP contribution < -0.4 is 36.9 Å². The van der Waals surface area contributed by atoms with Crippen LogP contribution in [0, 0.1) is 36.5 Å². The molecule has 4 aromatic carbocycles. The zero-order valence-electron chi connectivity index (χ0n) is 27.3. The lowest BCUT2D eigenvalue weighted by Gasteiger charge is -2.09. The second-order valence-corrected chi connectivity index (χ2v) is 11.9. The maximum Gasteiger partial charge on any atom is 0.265 e. The first kappa shape index (κ1) is 30.8. The van der Waals surface area contributed by atoms with Gasteiger partial charge in [-0.15, -0.1) is 0 Å². The third-order valence-electron chi connectivity index (χ3n) is 8.93. The minimum absolute atomic E-state index is 0.262. The molecule has 0 spiro atoms. The molecule has 11 heteroatoms. The summed E-state index contributed by atoms with van der Waals surface area (Å²) in [6.45, 7) is 3.49. The number of fused-ring (bicyclic) bond motifs is 6. The molecule has 0 bridgehead atoms. The van der Waals surface area contributed by atoms with Crippen LogP contribution in [0.3, 0.4) is 0 Å². The highest BCUT2D eigenvalue weighted by molar-refractivity contribution is 5.84. The lowest BCUT2D eigenvalue weighted by Crippen LogP contribution is -2.34. The fraction of sp³-hybridized carbons (Fsp3) is 0.0500. The van der Waals surface area contributed by atoms with Gasteiger partial charge in [0, 0.05) is 23.8 Å². The van der Waals surface area contributed by atoms with E-state index in [-0.39, 0.29) is 11.1 Å². The van der Waals surface area contributed by atoms with Crippen molar-refractivity contribution < 1.29 is 4.74 Å². The van der Waals surface area contributed by atoms with Crippen LogP contribution in [0.4, 0.5) is 11.4 Å². The van der Waals surface area contributed by atoms with Crippen molar-refractivity contribution in [1.82, 2.24) is 18.8 Å². The number of nitrogens with one attached hydrogen (secondary N) is 2. The van der Waals surface area contributed by atoms with E-state index in [2.05, 4.69) is 32.7 Å². The number of imidazole rings is 2. The van der Waals surface area contributed by atoms with Crippen LogP contribution >= 0.6 is 0 Å². The van der Waals surface area contributed by atoms with E-state index >= 15 is 0 Å². The Bertz CT molecular complexity index is 2820. The van der Waals surface area contributed by atoms with Crippen molar-refractivity contribution in [3.05, 3.63) is 150 Å². The first-order valence-corrected chi connectivity index (χ1v) is 16.0. The first-order chi connectivity index (χ1) is 24.9. The number of benzene rings is 4. The Hall–Kier alpha value is -7.50. The second kappa shape index (κ2) is 12.2. The monoisotopic (exact) mass is 666 g/mol. The summed E-state index contributed by atoms with van der Waals surface area (Å²) in [4.78, 5) is 36.1. The Labute approximate surface area is 289 Å². The number of para-hydroxylation sites is 4. The zero-order chi connectivity index (χ0) is 35.2. The molecule has 0 fully saturated rings. The Morgan fingerprint density at radius 2 is 1.00 bits per heavy atom. The second-order valence-electron chi connectivity index (χ2n) is 11.9. The van der Waals surface area contributed by atoms with Crippen molar-refractivity contribution in [3.8, 4) is 23.6 Å². The molecule has 11 nitrogen and oxygen atoms in total. The van der Waals surface area contributed by atoms with Gasteiger partial charge in [0.1, 0.15) is 23.6 Å². The fourth-order valence-corrected chi connectivity index (χ4v) is 6.26. The van der Waals surface area contributed by atoms with E-state index < -0.39 is 0 Å². The molecule has 4 aromatic heterocycles. The summed E-state index contributed by atoms with van der Waals surface area (Å²) in [6.07, 6.45) is 3.22. The molecule has 0 aliphatic heterocycles. The van der Waals surface area contributed by atoms with Crippen LogP contribution in [0.15, 0.2) is 107 Å². The summed E-state index contributed by atoms with van der Waals surface area (Å²) in [5.41, 5.74) is 6.02. The molecule has 8 aromatic rings. The van der Waals surface area contributed by atoms with Gasteiger partial charge in [0.2, 0.25) is 0 Å². The molecule has 0 atom stereocenters. The van der Waals surface area contributed by atoms with Crippen molar-refractivity contribution >= 4 is 57.1 Å². The maximum absolute atomic E-state index is 13.5. The van der Waals surface area contributed by atoms with Crippen LogP contribution in [0.5, 0.6) is 11.5 Å². The Kier molecular flexibility index (Phi) is 7.36. The van der Waals surface area contributed by atoms with Crippen molar-refractivity contribution in [2.75, 3.05) is 10.6 Å². The molecule has 244 valence electrons. The van der Waals surface area contributed by atoms with E-state index in [1.54, 1.807) is 50.5 Å². The summed E-state index contributed by atoms with van der Waals surface area (Å²) >= 11 is 0. The molecule has 51 heavy (non-hydrogen) atoms. The summed E-state index contributed by atoms with van der Waals surface area (Å²) in [5.74, 6) is 1.20. The molecule has 8 rings (SSSR count). The summed E-state index contributed by atoms with van der Waals surface area (Å²) in [5, 5.41) is 26.9. The van der Waals surface area contributed by atoms with Gasteiger partial charge in [-0.25, -0.2) is 9.97 Å². The molecule has 4 heterocycles. The summed E-state index contributed by atoms with van der Waals surface area (Å²) < 4.78 is 9.01. The quantitative estimate of drug-likeness (QED) is 0.241. The Morgan fingerprint density at radius 1 is 0.608 bits per heavy atom. The van der Waals surface area contributed by atoms with Gasteiger partial charge in [-0.2, -0.15) is 10.5 Å². The van der Waals surface area contributed by atoms with E-state index in [1.165, 1.54) is 8.80 Å². The number of anilines is 2. The molecular weight excluding hydrogens is 640 g/mol. The standard InChI is InChI=1S/C40H26N8O3/c1-23-29(19-41)37-45-33-7-3-5-9-35(33)47(37)39(49)31(23)21-43-25-11-15-27(16-12-25)51-28-17-13-26(14-18-28)44-22-32-24(2)30(20-42)38-46-34-8-4-6-10-36(34)48(38)40(32)50/h3-18,21-22,43-44H,1-2H3. The third kappa shape index (κ3) is 5.14. The highest BCUT2D eigenvalue weighted by Crippen LogP contribution is 2.25. The van der Waals surface area contributed by atoms with E-state index in [1.807, 2.05) is 72.8 Å². The summed E-state index contributed by atoms with van der Waals surface area (Å²) in [6, 6.07) is 33.5. The van der Waals surface area contributed by atoms with Gasteiger partial charge < -0.3 is 15.4 Å². The number of aromatic nitrogens is 4. The lowest BCUT2D eigenvalue weighted by atomic mass is 10.1. The minimum atomic E-state index is -0.262. The van der Waals surface area contributed by atoms with Crippen LogP contribution in [0.2, 0.25) is 0 Å². The zero-order valence-corrected chi connectivity index (χ0v) is 27.3. The number of hydrogen-bond acceptors (Lipinski definition) is 9. The van der Waals surface area contributed by atoms with Crippen LogP contribution in [-0.2, 0) is 0 Å². The molecule has 0 saturated carbocycles. The number of rotatable bonds is 6. The Balaban J connectivity index is 1.01. The SMILES string of the molecule is Cc1c(C#N)c2nc3ccccc3n2c(=O)c1=CNc1ccc(Oc2ccc(NC=c3c(C)c(C#N)c4nc5ccccc5n4c3=O)cc2)cc1. The van der Waals surface area contributed by atoms with Gasteiger partial charge in [0.05, 0.1) is 43.6 Å². The number of hydrogen-bond donors (Lipinski definition) is 2. The van der Waals surface area contributed by atoms with Gasteiger partial charge in [0.15, 0.2) is 11.3 Å². The molecular formula is C40H26N8O3. The van der Waals surface area contributed by atoms with E-state index in [0.717, 1.165) is 11.4 Å². The first-order valence-electron chi connectivity index (χ1n) is 16.0. The van der Waals surface area contributed by atoms with E-state index in [4.69, 9.17) is 4.74 Å². The highest BCUT2D eigenvalue weighted by atomic mass is 16.5. The minimum Gasteiger partial charge on any atom is -0.457 e. The normalized spacial score (nSPS) is 12.1. The van der Waals surface area contributed by atoms with Crippen LogP contribution in [0.1, 0.15) is 22.3 Å². The largest absolute Gasteiger partial charge is 0.457 e. The average molecular weight is 667 g/mol. The van der Waals surface area contributed by atoms with Crippen molar-refractivity contribution in [2.24, 2.45) is 0 Å². The number of nitrogens with zero attached hydrogens (tertiary/aromatic N) is 6. The van der Waals surface area contributed by atoms with Gasteiger partial charge in [0.25, 0.3) is 11.1 Å². The van der Waals surface area contributed by atoms with E-state index in [9.17, 15) is 20.1 Å². The van der Waals surface area contributed by atoms with E-state index in [0.29, 0.717) is 77.6 Å². The molecule has 0 amide bonds. The Morgan fingerprint density at radius 3 is 1.39 bits per heavy atom. The van der Waals surface area contributed by atoms with Crippen molar-refractivity contribution in [1.29, 1.82) is 10.5 Å². The molecule has 0 unspecified atom stereocenters. The van der Waals surface area contributed by atoms with Crippen molar-refractivity contribution in [2.45, 2.75) is 13.8 Å². The molecule has 0 aliphatic carbocycles. The smallest absolute Gasteiger partial charge is 0.265 e. The third-order valence-corrected chi connectivity index (χ3v) is 8.93. The van der Waals surface area contributed by atoms with Gasteiger partial charge in [-0.05, 0) is 97.8 Å². The molecule has 0 saturated heterocycles. The molecule has 0 aliphatic rings. The van der Waals surface area contributed by atoms with Gasteiger partial charge >= 0.3 is 0 Å². The van der Waals surface area contributed by atoms with Gasteiger partial charge in [-0.3, -0.25) is 18.4 Å². The number of pyridine rings is 2. The number of nitriles is 2. The average Bonchev–Trinajstić information content (AvgIpc) is 3.73. The predicted octanol–water partition coefficient (Wildman–Crippen LogP) is 5.30. The lowest BCUT2D eigenvalue weighted by molar-refractivity contribution is 0.483. The molecule has 2 N–H and O–H groups in total. The van der Waals surface area contributed by atoms with Crippen molar-refractivity contribution in [3.63, 3.8) is 0 Å². The highest BCUT2D eigenvalue weighted by Gasteiger charge is 2.17. The number of ether oxygens (including phenoxy) is 1. The molecule has 0 radical (unpaired) electrons.